The Morgan fingerprint density at radius 3 is 2.43 bits per heavy atom. The summed E-state index contributed by atoms with van der Waals surface area (Å²) in [6.45, 7) is 1.35. The van der Waals surface area contributed by atoms with E-state index in [9.17, 15) is 32.9 Å². The maximum absolute atomic E-state index is 12.0. The minimum absolute atomic E-state index is 0.0754. The maximum Gasteiger partial charge on any atom is 0.460 e. The number of nitrogens with one attached hydrogen (secondary N) is 1. The number of benzene rings is 1. The molecule has 0 fully saturated rings. The number of hydrogen-bond donors (Lipinski definition) is 1. The van der Waals surface area contributed by atoms with Crippen molar-refractivity contribution in [2.24, 2.45) is 0 Å². The number of amides is 1. The fourth-order valence-corrected chi connectivity index (χ4v) is 1.66. The quantitative estimate of drug-likeness (QED) is 0.510. The highest BCUT2D eigenvalue weighted by Crippen LogP contribution is 2.19. The number of nitrogens with zero attached hydrogens (tertiary/aromatic N) is 1. The van der Waals surface area contributed by atoms with Gasteiger partial charge in [-0.3, -0.25) is 19.7 Å². The van der Waals surface area contributed by atoms with Gasteiger partial charge in [-0.1, -0.05) is 18.2 Å². The largest absolute Gasteiger partial charge is 0.460 e. The van der Waals surface area contributed by atoms with Crippen LogP contribution in [-0.2, 0) is 16.0 Å². The van der Waals surface area contributed by atoms with E-state index in [4.69, 9.17) is 0 Å². The van der Waals surface area contributed by atoms with E-state index < -0.39 is 28.8 Å². The van der Waals surface area contributed by atoms with Gasteiger partial charge in [-0.25, -0.2) is 0 Å². The summed E-state index contributed by atoms with van der Waals surface area (Å²) < 4.78 is 36.1. The first-order chi connectivity index (χ1) is 9.62. The number of nitro benzene ring substituents is 1. The number of nitro groups is 1. The molecule has 9 heteroatoms. The summed E-state index contributed by atoms with van der Waals surface area (Å²) in [5.41, 5.74) is 0.0375. The van der Waals surface area contributed by atoms with Crippen LogP contribution in [0.3, 0.4) is 0 Å². The fourth-order valence-electron chi connectivity index (χ4n) is 1.66. The van der Waals surface area contributed by atoms with E-state index in [2.05, 4.69) is 0 Å². The maximum atomic E-state index is 12.0. The van der Waals surface area contributed by atoms with Crippen LogP contribution in [0.4, 0.5) is 18.9 Å². The second kappa shape index (κ2) is 6.33. The lowest BCUT2D eigenvalue weighted by atomic mass is 10.1. The van der Waals surface area contributed by atoms with Crippen molar-refractivity contribution in [3.05, 3.63) is 39.9 Å². The van der Waals surface area contributed by atoms with Gasteiger partial charge in [0, 0.05) is 17.7 Å². The third-order valence-corrected chi connectivity index (χ3v) is 2.56. The number of para-hydroxylation sites is 1. The number of hydrogen-bond acceptors (Lipinski definition) is 4. The van der Waals surface area contributed by atoms with Crippen molar-refractivity contribution in [1.29, 1.82) is 0 Å². The monoisotopic (exact) mass is 304 g/mol. The van der Waals surface area contributed by atoms with Gasteiger partial charge in [0.1, 0.15) is 0 Å². The van der Waals surface area contributed by atoms with Crippen molar-refractivity contribution in [3.8, 4) is 0 Å². The summed E-state index contributed by atoms with van der Waals surface area (Å²) >= 11 is 0. The Balaban J connectivity index is 2.75. The van der Waals surface area contributed by atoms with E-state index in [-0.39, 0.29) is 17.7 Å². The van der Waals surface area contributed by atoms with E-state index in [1.807, 2.05) is 5.32 Å². The Morgan fingerprint density at radius 2 is 1.90 bits per heavy atom. The zero-order valence-electron chi connectivity index (χ0n) is 10.8. The summed E-state index contributed by atoms with van der Waals surface area (Å²) in [4.78, 5) is 31.9. The second-order valence-electron chi connectivity index (χ2n) is 4.29. The fraction of sp³-hybridized carbons (Fsp3) is 0.333. The first-order valence-corrected chi connectivity index (χ1v) is 5.77. The summed E-state index contributed by atoms with van der Waals surface area (Å²) in [6.07, 6.45) is -5.32. The van der Waals surface area contributed by atoms with Gasteiger partial charge < -0.3 is 5.32 Å². The lowest BCUT2D eigenvalue weighted by Crippen LogP contribution is -2.44. The van der Waals surface area contributed by atoms with Gasteiger partial charge in [0.25, 0.3) is 11.6 Å². The lowest BCUT2D eigenvalue weighted by molar-refractivity contribution is -0.385. The molecule has 0 aromatic heterocycles. The molecule has 21 heavy (non-hydrogen) atoms. The number of carbonyl (C=O) groups is 2. The number of ketones is 1. The first-order valence-electron chi connectivity index (χ1n) is 5.77. The van der Waals surface area contributed by atoms with Crippen molar-refractivity contribution in [3.63, 3.8) is 0 Å². The molecule has 0 spiro atoms. The van der Waals surface area contributed by atoms with Gasteiger partial charge in [0.15, 0.2) is 0 Å². The lowest BCUT2D eigenvalue weighted by Gasteiger charge is -2.14. The van der Waals surface area contributed by atoms with Gasteiger partial charge in [-0.2, -0.15) is 13.2 Å². The van der Waals surface area contributed by atoms with Crippen LogP contribution in [0.5, 0.6) is 0 Å². The Kier molecular flexibility index (Phi) is 5.01. The SMILES string of the molecule is C[C@@H](Cc1ccccc1[N+](=O)[O-])NC(=O)C(=O)C(F)(F)F. The van der Waals surface area contributed by atoms with Crippen LogP contribution in [0, 0.1) is 10.1 Å². The van der Waals surface area contributed by atoms with Crippen molar-refractivity contribution in [2.45, 2.75) is 25.6 Å². The molecule has 1 aromatic rings. The highest BCUT2D eigenvalue weighted by Gasteiger charge is 2.43. The summed E-state index contributed by atoms with van der Waals surface area (Å²) in [7, 11) is 0. The van der Waals surface area contributed by atoms with Crippen LogP contribution in [0.15, 0.2) is 24.3 Å². The summed E-state index contributed by atoms with van der Waals surface area (Å²) in [5.74, 6) is -4.29. The molecule has 6 nitrogen and oxygen atoms in total. The van der Waals surface area contributed by atoms with E-state index in [0.29, 0.717) is 0 Å². The molecule has 0 bridgehead atoms. The molecule has 0 saturated heterocycles. The van der Waals surface area contributed by atoms with Crippen molar-refractivity contribution in [2.75, 3.05) is 0 Å². The highest BCUT2D eigenvalue weighted by atomic mass is 19.4. The average molecular weight is 304 g/mol. The van der Waals surface area contributed by atoms with E-state index in [0.717, 1.165) is 0 Å². The van der Waals surface area contributed by atoms with Crippen LogP contribution in [-0.4, -0.2) is 28.8 Å². The molecule has 1 N–H and O–H groups in total. The molecule has 0 aliphatic carbocycles. The topological polar surface area (TPSA) is 89.3 Å². The van der Waals surface area contributed by atoms with E-state index in [1.165, 1.54) is 31.2 Å². The third-order valence-electron chi connectivity index (χ3n) is 2.56. The minimum Gasteiger partial charge on any atom is -0.346 e. The molecule has 1 aromatic carbocycles. The predicted octanol–water partition coefficient (Wildman–Crippen LogP) is 1.77. The second-order valence-corrected chi connectivity index (χ2v) is 4.29. The van der Waals surface area contributed by atoms with Crippen molar-refractivity contribution in [1.82, 2.24) is 5.32 Å². The van der Waals surface area contributed by atoms with Crippen LogP contribution in [0.25, 0.3) is 0 Å². The number of halogens is 3. The van der Waals surface area contributed by atoms with Gasteiger partial charge in [-0.15, -0.1) is 0 Å². The molecular formula is C12H11F3N2O4. The Bertz CT molecular complexity index is 572. The summed E-state index contributed by atoms with van der Waals surface area (Å²) in [5, 5.41) is 12.7. The third kappa shape index (κ3) is 4.55. The van der Waals surface area contributed by atoms with Gasteiger partial charge >= 0.3 is 12.0 Å². The zero-order chi connectivity index (χ0) is 16.2. The minimum atomic E-state index is -5.25. The summed E-state index contributed by atoms with van der Waals surface area (Å²) in [6, 6.07) is 4.76. The molecule has 114 valence electrons. The molecule has 0 radical (unpaired) electrons. The molecule has 0 aliphatic rings. The average Bonchev–Trinajstić information content (AvgIpc) is 2.36. The smallest absolute Gasteiger partial charge is 0.346 e. The predicted molar refractivity (Wildman–Crippen MR) is 65.5 cm³/mol. The Morgan fingerprint density at radius 1 is 1.33 bits per heavy atom. The molecule has 0 heterocycles. The van der Waals surface area contributed by atoms with Gasteiger partial charge in [-0.05, 0) is 13.3 Å². The van der Waals surface area contributed by atoms with Crippen LogP contribution in [0.2, 0.25) is 0 Å². The molecule has 1 amide bonds. The van der Waals surface area contributed by atoms with Gasteiger partial charge in [0.05, 0.1) is 4.92 Å². The first kappa shape index (κ1) is 16.6. The standard InChI is InChI=1S/C12H11F3N2O4/c1-7(16-11(19)10(18)12(13,14)15)6-8-4-2-3-5-9(8)17(20)21/h2-5,7H,6H2,1H3,(H,16,19)/t7-/m0/s1. The highest BCUT2D eigenvalue weighted by molar-refractivity contribution is 6.38. The van der Waals surface area contributed by atoms with Crippen molar-refractivity contribution < 1.29 is 27.7 Å². The zero-order valence-corrected chi connectivity index (χ0v) is 10.8. The number of rotatable bonds is 5. The molecule has 1 atom stereocenters. The molecule has 0 saturated carbocycles. The van der Waals surface area contributed by atoms with Crippen LogP contribution in [0.1, 0.15) is 12.5 Å². The molecule has 0 aliphatic heterocycles. The van der Waals surface area contributed by atoms with Crippen LogP contribution >= 0.6 is 0 Å². The Labute approximate surface area is 117 Å². The molecule has 1 rings (SSSR count). The van der Waals surface area contributed by atoms with Gasteiger partial charge in [0.2, 0.25) is 0 Å². The van der Waals surface area contributed by atoms with E-state index in [1.54, 1.807) is 0 Å². The Hall–Kier alpha value is -2.45. The van der Waals surface area contributed by atoms with E-state index >= 15 is 0 Å². The normalized spacial score (nSPS) is 12.6. The van der Waals surface area contributed by atoms with Crippen molar-refractivity contribution >= 4 is 17.4 Å². The van der Waals surface area contributed by atoms with Crippen LogP contribution < -0.4 is 5.32 Å². The number of carbonyl (C=O) groups excluding carboxylic acids is 2. The molecule has 0 unspecified atom stereocenters. The molecular weight excluding hydrogens is 293 g/mol. The number of Topliss-reactive ketones (excluding diaryl/α,β-unsaturated/α-hetero) is 1. The number of alkyl halides is 3.